The van der Waals surface area contributed by atoms with Crippen molar-refractivity contribution in [2.75, 3.05) is 0 Å². The Hall–Kier alpha value is -7.61. The van der Waals surface area contributed by atoms with Crippen LogP contribution in [0.15, 0.2) is 212 Å². The molecule has 0 aliphatic heterocycles. The van der Waals surface area contributed by atoms with Gasteiger partial charge in [-0.05, 0) is 122 Å². The minimum absolute atomic E-state index is 0.384. The zero-order valence-electron chi connectivity index (χ0n) is 32.2. The predicted octanol–water partition coefficient (Wildman–Crippen LogP) is 15.0. The molecule has 1 aromatic heterocycles. The van der Waals surface area contributed by atoms with Gasteiger partial charge in [-0.15, -0.1) is 0 Å². The highest BCUT2D eigenvalue weighted by Gasteiger charge is 2.51. The summed E-state index contributed by atoms with van der Waals surface area (Å²) in [6.45, 7) is 0. The zero-order valence-corrected chi connectivity index (χ0v) is 32.2. The van der Waals surface area contributed by atoms with Gasteiger partial charge in [0.1, 0.15) is 0 Å². The van der Waals surface area contributed by atoms with E-state index in [0.717, 1.165) is 16.8 Å². The van der Waals surface area contributed by atoms with E-state index in [1.54, 1.807) is 0 Å². The fourth-order valence-electron chi connectivity index (χ4n) is 11.0. The van der Waals surface area contributed by atoms with Crippen molar-refractivity contribution in [3.63, 3.8) is 0 Å². The molecule has 1 heterocycles. The van der Waals surface area contributed by atoms with Crippen LogP contribution in [0.4, 0.5) is 0 Å². The molecule has 0 unspecified atom stereocenters. The molecule has 0 bridgehead atoms. The zero-order chi connectivity index (χ0) is 38.7. The molecule has 0 atom stereocenters. The van der Waals surface area contributed by atoms with E-state index in [9.17, 15) is 0 Å². The summed E-state index contributed by atoms with van der Waals surface area (Å²) in [5, 5.41) is 10.0. The summed E-state index contributed by atoms with van der Waals surface area (Å²) >= 11 is 0. The lowest BCUT2D eigenvalue weighted by Crippen LogP contribution is -2.25. The lowest BCUT2D eigenvalue weighted by atomic mass is 9.70. The molecule has 0 fully saturated rings. The van der Waals surface area contributed by atoms with Gasteiger partial charge in [-0.2, -0.15) is 0 Å². The average molecular weight is 746 g/mol. The second-order valence-electron chi connectivity index (χ2n) is 16.1. The Morgan fingerprint density at radius 1 is 0.288 bits per heavy atom. The van der Waals surface area contributed by atoms with E-state index < -0.39 is 0 Å². The quantitative estimate of drug-likeness (QED) is 0.130. The Bertz CT molecular complexity index is 3430. The third-order valence-corrected chi connectivity index (χ3v) is 13.3. The van der Waals surface area contributed by atoms with Gasteiger partial charge in [0, 0.05) is 17.3 Å². The maximum Gasteiger partial charge on any atom is 0.0725 e. The van der Waals surface area contributed by atoms with Gasteiger partial charge in [-0.1, -0.05) is 188 Å². The number of pyridine rings is 1. The molecule has 272 valence electrons. The minimum atomic E-state index is -0.384. The maximum atomic E-state index is 5.27. The van der Waals surface area contributed by atoms with E-state index in [-0.39, 0.29) is 5.41 Å². The molecule has 2 aliphatic rings. The van der Waals surface area contributed by atoms with Gasteiger partial charge < -0.3 is 0 Å². The fraction of sp³-hybridized carbons (Fsp3) is 0.0172. The molecule has 0 amide bonds. The number of fused-ring (bicyclic) bond motifs is 15. The molecule has 10 aromatic carbocycles. The fourth-order valence-corrected chi connectivity index (χ4v) is 11.0. The van der Waals surface area contributed by atoms with Crippen molar-refractivity contribution >= 4 is 43.1 Å². The number of nitrogens with zero attached hydrogens (tertiary/aromatic N) is 1. The van der Waals surface area contributed by atoms with E-state index in [2.05, 4.69) is 212 Å². The van der Waals surface area contributed by atoms with E-state index >= 15 is 0 Å². The molecule has 0 saturated heterocycles. The molecule has 1 nitrogen and oxygen atoms in total. The van der Waals surface area contributed by atoms with Crippen LogP contribution in [0.3, 0.4) is 0 Å². The van der Waals surface area contributed by atoms with E-state index in [1.807, 2.05) is 0 Å². The summed E-state index contributed by atoms with van der Waals surface area (Å²) in [5.41, 5.74) is 17.2. The van der Waals surface area contributed by atoms with Gasteiger partial charge in [0.05, 0.1) is 11.1 Å². The Labute approximate surface area is 342 Å². The first-order valence-corrected chi connectivity index (χ1v) is 20.5. The van der Waals surface area contributed by atoms with Crippen LogP contribution in [0.5, 0.6) is 0 Å². The summed E-state index contributed by atoms with van der Waals surface area (Å²) in [4.78, 5) is 5.27. The monoisotopic (exact) mass is 745 g/mol. The molecule has 11 aromatic rings. The summed E-state index contributed by atoms with van der Waals surface area (Å²) in [5.74, 6) is 0. The first-order chi connectivity index (χ1) is 29.3. The molecule has 59 heavy (non-hydrogen) atoms. The Morgan fingerprint density at radius 3 is 1.32 bits per heavy atom. The van der Waals surface area contributed by atoms with Gasteiger partial charge in [-0.3, -0.25) is 4.98 Å². The Kier molecular flexibility index (Phi) is 6.71. The van der Waals surface area contributed by atoms with Gasteiger partial charge >= 0.3 is 0 Å². The molecule has 1 heteroatoms. The van der Waals surface area contributed by atoms with Crippen molar-refractivity contribution in [2.45, 2.75) is 5.41 Å². The van der Waals surface area contributed by atoms with Crippen molar-refractivity contribution in [1.29, 1.82) is 0 Å². The van der Waals surface area contributed by atoms with Gasteiger partial charge in [-0.25, -0.2) is 0 Å². The molecular formula is C58H35N. The molecule has 1 spiro atoms. The Morgan fingerprint density at radius 2 is 0.746 bits per heavy atom. The number of hydrogen-bond acceptors (Lipinski definition) is 1. The second-order valence-corrected chi connectivity index (χ2v) is 16.1. The van der Waals surface area contributed by atoms with Crippen LogP contribution < -0.4 is 0 Å². The molecule has 0 saturated carbocycles. The normalized spacial score (nSPS) is 13.2. The van der Waals surface area contributed by atoms with Crippen molar-refractivity contribution in [3.05, 3.63) is 235 Å². The first kappa shape index (κ1) is 32.5. The van der Waals surface area contributed by atoms with Crippen LogP contribution in [0.2, 0.25) is 0 Å². The number of rotatable bonds is 3. The molecular weight excluding hydrogens is 711 g/mol. The van der Waals surface area contributed by atoms with Crippen LogP contribution in [-0.2, 0) is 5.41 Å². The van der Waals surface area contributed by atoms with Crippen molar-refractivity contribution in [1.82, 2.24) is 4.98 Å². The van der Waals surface area contributed by atoms with Crippen molar-refractivity contribution in [2.24, 2.45) is 0 Å². The number of benzene rings is 10. The smallest absolute Gasteiger partial charge is 0.0725 e. The Balaban J connectivity index is 0.993. The third kappa shape index (κ3) is 4.37. The second kappa shape index (κ2) is 12.2. The topological polar surface area (TPSA) is 12.9 Å². The molecule has 2 aliphatic carbocycles. The molecule has 0 radical (unpaired) electrons. The van der Waals surface area contributed by atoms with Gasteiger partial charge in [0.25, 0.3) is 0 Å². The van der Waals surface area contributed by atoms with Crippen LogP contribution in [-0.4, -0.2) is 4.98 Å². The third-order valence-electron chi connectivity index (χ3n) is 13.3. The maximum absolute atomic E-state index is 5.27. The van der Waals surface area contributed by atoms with Crippen LogP contribution in [0.1, 0.15) is 22.3 Å². The summed E-state index contributed by atoms with van der Waals surface area (Å²) < 4.78 is 0. The molecule has 0 N–H and O–H groups in total. The van der Waals surface area contributed by atoms with E-state index in [0.29, 0.717) is 0 Å². The highest BCUT2D eigenvalue weighted by molar-refractivity contribution is 6.25. The SMILES string of the molecule is c1ccc2c(c1)-c1ccccc1C21c2ccccc2-c2ccc(-c3ccc(-c4c5ccccc5c(-c5cc6ccccc6c6ccccc56)c5ccccc45)cn3)cc21. The van der Waals surface area contributed by atoms with E-state index in [1.165, 1.54) is 104 Å². The van der Waals surface area contributed by atoms with Crippen LogP contribution in [0.25, 0.3) is 98.9 Å². The highest BCUT2D eigenvalue weighted by atomic mass is 14.7. The standard InChI is InChI=1S/C58H35N/c1-2-16-39-36(15-1)33-50(41-18-4-3-17-40(39)41)57-48-24-7-5-22-46(48)56(47-23-6-8-25-49(47)57)38-30-32-55(59-35-38)37-29-31-45-44-21-11-14-28-53(44)58(54(45)34-37)51-26-12-9-19-42(51)43-20-10-13-27-52(43)58/h1-35H. The number of hydrogen-bond donors (Lipinski definition) is 0. The summed E-state index contributed by atoms with van der Waals surface area (Å²) in [7, 11) is 0. The molecule has 13 rings (SSSR count). The van der Waals surface area contributed by atoms with Crippen LogP contribution in [0, 0.1) is 0 Å². The summed E-state index contributed by atoms with van der Waals surface area (Å²) in [6.07, 6.45) is 2.09. The van der Waals surface area contributed by atoms with Crippen LogP contribution >= 0.6 is 0 Å². The lowest BCUT2D eigenvalue weighted by Gasteiger charge is -2.30. The van der Waals surface area contributed by atoms with Crippen molar-refractivity contribution < 1.29 is 0 Å². The number of aromatic nitrogens is 1. The first-order valence-electron chi connectivity index (χ1n) is 20.5. The largest absolute Gasteiger partial charge is 0.256 e. The predicted molar refractivity (Wildman–Crippen MR) is 247 cm³/mol. The van der Waals surface area contributed by atoms with E-state index in [4.69, 9.17) is 4.98 Å². The average Bonchev–Trinajstić information content (AvgIpc) is 3.78. The lowest BCUT2D eigenvalue weighted by molar-refractivity contribution is 0.794. The summed E-state index contributed by atoms with van der Waals surface area (Å²) in [6, 6.07) is 76.3. The highest BCUT2D eigenvalue weighted by Crippen LogP contribution is 2.63. The minimum Gasteiger partial charge on any atom is -0.256 e. The van der Waals surface area contributed by atoms with Crippen molar-refractivity contribution in [3.8, 4) is 55.8 Å². The van der Waals surface area contributed by atoms with Gasteiger partial charge in [0.2, 0.25) is 0 Å². The van der Waals surface area contributed by atoms with Gasteiger partial charge in [0.15, 0.2) is 0 Å².